The summed E-state index contributed by atoms with van der Waals surface area (Å²) in [5, 5.41) is 8.79. The van der Waals surface area contributed by atoms with Crippen LogP contribution in [0.25, 0.3) is 10.9 Å². The molecule has 108 valence electrons. The van der Waals surface area contributed by atoms with Crippen molar-refractivity contribution in [2.24, 2.45) is 0 Å². The third-order valence-electron chi connectivity index (χ3n) is 3.31. The molecular weight excluding hydrogens is 280 g/mol. The minimum absolute atomic E-state index is 0.664. The lowest BCUT2D eigenvalue weighted by molar-refractivity contribution is 0.318. The molecule has 3 aromatic rings. The third-order valence-corrected chi connectivity index (χ3v) is 4.04. The average molecular weight is 298 g/mol. The van der Waals surface area contributed by atoms with Gasteiger partial charge in [0.05, 0.1) is 5.52 Å². The predicted octanol–water partition coefficient (Wildman–Crippen LogP) is 3.51. The van der Waals surface area contributed by atoms with Crippen LogP contribution in [0.3, 0.4) is 0 Å². The molecule has 2 heterocycles. The highest BCUT2D eigenvalue weighted by atomic mass is 32.1. The topological polar surface area (TPSA) is 34.1 Å². The molecule has 0 radical (unpaired) electrons. The molecular formula is C17H18N2OS. The van der Waals surface area contributed by atoms with E-state index in [1.165, 1.54) is 5.56 Å². The second kappa shape index (κ2) is 7.20. The van der Waals surface area contributed by atoms with Crippen molar-refractivity contribution in [1.29, 1.82) is 0 Å². The fourth-order valence-electron chi connectivity index (χ4n) is 2.23. The molecule has 3 rings (SSSR count). The Balaban J connectivity index is 1.44. The van der Waals surface area contributed by atoms with E-state index in [-0.39, 0.29) is 0 Å². The van der Waals surface area contributed by atoms with E-state index in [0.29, 0.717) is 6.61 Å². The van der Waals surface area contributed by atoms with Gasteiger partial charge in [0.15, 0.2) is 0 Å². The second-order valence-electron chi connectivity index (χ2n) is 4.81. The van der Waals surface area contributed by atoms with Crippen LogP contribution in [0.4, 0.5) is 0 Å². The van der Waals surface area contributed by atoms with E-state index < -0.39 is 0 Å². The number of pyridine rings is 1. The SMILES string of the molecule is c1cc(OCCNCCc2ccsc2)c2cccnc2c1. The summed E-state index contributed by atoms with van der Waals surface area (Å²) in [6.45, 7) is 2.50. The third kappa shape index (κ3) is 3.80. The molecule has 0 atom stereocenters. The van der Waals surface area contributed by atoms with E-state index in [0.717, 1.165) is 36.2 Å². The lowest BCUT2D eigenvalue weighted by Gasteiger charge is -2.09. The fraction of sp³-hybridized carbons (Fsp3) is 0.235. The lowest BCUT2D eigenvalue weighted by atomic mass is 10.2. The molecule has 1 N–H and O–H groups in total. The molecule has 0 unspecified atom stereocenters. The minimum Gasteiger partial charge on any atom is -0.492 e. The summed E-state index contributed by atoms with van der Waals surface area (Å²) in [7, 11) is 0. The average Bonchev–Trinajstić information content (AvgIpc) is 3.04. The first-order chi connectivity index (χ1) is 10.4. The highest BCUT2D eigenvalue weighted by Crippen LogP contribution is 2.23. The van der Waals surface area contributed by atoms with E-state index in [2.05, 4.69) is 27.1 Å². The van der Waals surface area contributed by atoms with Crippen LogP contribution in [0.2, 0.25) is 0 Å². The molecule has 0 saturated carbocycles. The van der Waals surface area contributed by atoms with Crippen molar-refractivity contribution in [2.45, 2.75) is 6.42 Å². The molecule has 3 nitrogen and oxygen atoms in total. The van der Waals surface area contributed by atoms with Crippen LogP contribution in [0.1, 0.15) is 5.56 Å². The molecule has 4 heteroatoms. The fourth-order valence-corrected chi connectivity index (χ4v) is 2.93. The number of hydrogen-bond acceptors (Lipinski definition) is 4. The largest absolute Gasteiger partial charge is 0.492 e. The summed E-state index contributed by atoms with van der Waals surface area (Å²) >= 11 is 1.75. The van der Waals surface area contributed by atoms with Gasteiger partial charge in [0.1, 0.15) is 12.4 Å². The molecule has 0 fully saturated rings. The molecule has 21 heavy (non-hydrogen) atoms. The van der Waals surface area contributed by atoms with Crippen LogP contribution < -0.4 is 10.1 Å². The van der Waals surface area contributed by atoms with Crippen molar-refractivity contribution in [3.8, 4) is 5.75 Å². The van der Waals surface area contributed by atoms with Gasteiger partial charge in [-0.2, -0.15) is 11.3 Å². The maximum Gasteiger partial charge on any atom is 0.128 e. The highest BCUT2D eigenvalue weighted by molar-refractivity contribution is 7.07. The smallest absolute Gasteiger partial charge is 0.128 e. The Labute approximate surface area is 128 Å². The van der Waals surface area contributed by atoms with Gasteiger partial charge in [-0.25, -0.2) is 0 Å². The van der Waals surface area contributed by atoms with Crippen LogP contribution in [0.5, 0.6) is 5.75 Å². The minimum atomic E-state index is 0.664. The number of hydrogen-bond donors (Lipinski definition) is 1. The summed E-state index contributed by atoms with van der Waals surface area (Å²) in [6.07, 6.45) is 2.87. The van der Waals surface area contributed by atoms with E-state index in [4.69, 9.17) is 4.74 Å². The number of benzene rings is 1. The van der Waals surface area contributed by atoms with Gasteiger partial charge in [0.25, 0.3) is 0 Å². The zero-order chi connectivity index (χ0) is 14.3. The van der Waals surface area contributed by atoms with Gasteiger partial charge < -0.3 is 10.1 Å². The van der Waals surface area contributed by atoms with Crippen LogP contribution in [0.15, 0.2) is 53.4 Å². The molecule has 0 spiro atoms. The summed E-state index contributed by atoms with van der Waals surface area (Å²) in [4.78, 5) is 4.33. The second-order valence-corrected chi connectivity index (χ2v) is 5.59. The summed E-state index contributed by atoms with van der Waals surface area (Å²) in [5.74, 6) is 0.903. The van der Waals surface area contributed by atoms with Crippen molar-refractivity contribution in [1.82, 2.24) is 10.3 Å². The van der Waals surface area contributed by atoms with Crippen molar-refractivity contribution in [3.63, 3.8) is 0 Å². The maximum atomic E-state index is 5.86. The van der Waals surface area contributed by atoms with Crippen molar-refractivity contribution in [3.05, 3.63) is 58.9 Å². The normalized spacial score (nSPS) is 10.9. The highest BCUT2D eigenvalue weighted by Gasteiger charge is 2.01. The van der Waals surface area contributed by atoms with Gasteiger partial charge >= 0.3 is 0 Å². The van der Waals surface area contributed by atoms with Crippen LogP contribution in [-0.4, -0.2) is 24.7 Å². The molecule has 0 bridgehead atoms. The Hall–Kier alpha value is -1.91. The van der Waals surface area contributed by atoms with Crippen LogP contribution >= 0.6 is 11.3 Å². The Morgan fingerprint density at radius 2 is 2.10 bits per heavy atom. The van der Waals surface area contributed by atoms with Crippen LogP contribution in [-0.2, 0) is 6.42 Å². The van der Waals surface area contributed by atoms with Crippen molar-refractivity contribution >= 4 is 22.2 Å². The van der Waals surface area contributed by atoms with Gasteiger partial charge in [-0.3, -0.25) is 4.98 Å². The van der Waals surface area contributed by atoms with E-state index in [1.807, 2.05) is 30.3 Å². The van der Waals surface area contributed by atoms with Crippen LogP contribution in [0, 0.1) is 0 Å². The van der Waals surface area contributed by atoms with E-state index in [1.54, 1.807) is 17.5 Å². The molecule has 0 aliphatic heterocycles. The number of rotatable bonds is 7. The van der Waals surface area contributed by atoms with E-state index >= 15 is 0 Å². The Morgan fingerprint density at radius 3 is 3.00 bits per heavy atom. The van der Waals surface area contributed by atoms with Gasteiger partial charge in [-0.15, -0.1) is 0 Å². The molecule has 0 saturated heterocycles. The predicted molar refractivity (Wildman–Crippen MR) is 88.1 cm³/mol. The Kier molecular flexibility index (Phi) is 4.82. The summed E-state index contributed by atoms with van der Waals surface area (Å²) in [6, 6.07) is 12.1. The number of aromatic nitrogens is 1. The molecule has 2 aromatic heterocycles. The number of thiophene rings is 1. The summed E-state index contributed by atoms with van der Waals surface area (Å²) in [5.41, 5.74) is 2.37. The number of fused-ring (bicyclic) bond motifs is 1. The summed E-state index contributed by atoms with van der Waals surface area (Å²) < 4.78 is 5.86. The zero-order valence-corrected chi connectivity index (χ0v) is 12.6. The molecule has 0 aliphatic rings. The first-order valence-corrected chi connectivity index (χ1v) is 8.06. The molecule has 1 aromatic carbocycles. The van der Waals surface area contributed by atoms with Gasteiger partial charge in [-0.1, -0.05) is 6.07 Å². The van der Waals surface area contributed by atoms with E-state index in [9.17, 15) is 0 Å². The number of nitrogens with zero attached hydrogens (tertiary/aromatic N) is 1. The standard InChI is InChI=1S/C17H18N2OS/c1-4-16-15(3-2-8-19-16)17(5-1)20-11-10-18-9-6-14-7-12-21-13-14/h1-5,7-8,12-13,18H,6,9-11H2. The Morgan fingerprint density at radius 1 is 1.10 bits per heavy atom. The zero-order valence-electron chi connectivity index (χ0n) is 11.8. The first kappa shape index (κ1) is 14.0. The van der Waals surface area contributed by atoms with Crippen molar-refractivity contribution < 1.29 is 4.74 Å². The Bertz CT molecular complexity index is 677. The van der Waals surface area contributed by atoms with Gasteiger partial charge in [-0.05, 0) is 59.6 Å². The lowest BCUT2D eigenvalue weighted by Crippen LogP contribution is -2.23. The molecule has 0 aliphatic carbocycles. The van der Waals surface area contributed by atoms with Crippen molar-refractivity contribution in [2.75, 3.05) is 19.7 Å². The number of ether oxygens (including phenoxy) is 1. The van der Waals surface area contributed by atoms with Gasteiger partial charge in [0, 0.05) is 18.1 Å². The number of nitrogens with one attached hydrogen (secondary N) is 1. The molecule has 0 amide bonds. The first-order valence-electron chi connectivity index (χ1n) is 7.12. The monoisotopic (exact) mass is 298 g/mol. The quantitative estimate of drug-likeness (QED) is 0.678. The maximum absolute atomic E-state index is 5.86. The van der Waals surface area contributed by atoms with Gasteiger partial charge in [0.2, 0.25) is 0 Å².